The van der Waals surface area contributed by atoms with Gasteiger partial charge in [0.05, 0.1) is 7.11 Å². The van der Waals surface area contributed by atoms with Gasteiger partial charge in [0, 0.05) is 39.1 Å². The quantitative estimate of drug-likeness (QED) is 0.388. The Morgan fingerprint density at radius 3 is 2.89 bits per heavy atom. The first-order valence-electron chi connectivity index (χ1n) is 10.6. The van der Waals surface area contributed by atoms with Crippen LogP contribution in [0.1, 0.15) is 50.2 Å². The number of nitrogens with zero attached hydrogens (tertiary/aromatic N) is 2. The van der Waals surface area contributed by atoms with Crippen molar-refractivity contribution in [2.45, 2.75) is 52.4 Å². The summed E-state index contributed by atoms with van der Waals surface area (Å²) in [6, 6.07) is 6.26. The van der Waals surface area contributed by atoms with Gasteiger partial charge in [-0.15, -0.1) is 0 Å². The maximum atomic E-state index is 12.1. The molecule has 1 aliphatic rings. The lowest BCUT2D eigenvalue weighted by atomic mass is 10.1. The molecule has 0 aliphatic carbocycles. The molecule has 0 atom stereocenters. The predicted octanol–water partition coefficient (Wildman–Crippen LogP) is 2.89. The molecule has 2 rings (SSSR count). The minimum atomic E-state index is 0.304. The summed E-state index contributed by atoms with van der Waals surface area (Å²) in [6.07, 6.45) is 5.80. The molecule has 1 amide bonds. The average Bonchev–Trinajstić information content (AvgIpc) is 2.89. The van der Waals surface area contributed by atoms with Crippen LogP contribution in [0.25, 0.3) is 0 Å². The SMILES string of the molecule is CCNC(=NCCCN1CCCCCC1=O)NCCc1cc(C)ccc1OC. The van der Waals surface area contributed by atoms with E-state index in [0.29, 0.717) is 18.9 Å². The largest absolute Gasteiger partial charge is 0.496 e. The van der Waals surface area contributed by atoms with Gasteiger partial charge >= 0.3 is 0 Å². The minimum Gasteiger partial charge on any atom is -0.496 e. The molecule has 1 aromatic rings. The molecule has 1 saturated heterocycles. The number of carbonyl (C=O) groups excluding carboxylic acids is 1. The maximum Gasteiger partial charge on any atom is 0.222 e. The summed E-state index contributed by atoms with van der Waals surface area (Å²) in [5.74, 6) is 2.06. The van der Waals surface area contributed by atoms with E-state index in [1.54, 1.807) is 7.11 Å². The average molecular weight is 389 g/mol. The number of guanidine groups is 1. The Morgan fingerprint density at radius 1 is 1.25 bits per heavy atom. The molecule has 1 heterocycles. The topological polar surface area (TPSA) is 66.0 Å². The number of hydrogen-bond donors (Lipinski definition) is 2. The number of aryl methyl sites for hydroxylation is 1. The number of benzene rings is 1. The van der Waals surface area contributed by atoms with Gasteiger partial charge in [0.25, 0.3) is 0 Å². The van der Waals surface area contributed by atoms with E-state index in [1.807, 2.05) is 11.0 Å². The lowest BCUT2D eigenvalue weighted by Crippen LogP contribution is -2.38. The zero-order valence-corrected chi connectivity index (χ0v) is 17.7. The maximum absolute atomic E-state index is 12.1. The summed E-state index contributed by atoms with van der Waals surface area (Å²) in [7, 11) is 1.71. The summed E-state index contributed by atoms with van der Waals surface area (Å²) in [6.45, 7) is 8.20. The van der Waals surface area contributed by atoms with E-state index in [-0.39, 0.29) is 0 Å². The van der Waals surface area contributed by atoms with E-state index in [1.165, 1.54) is 17.5 Å². The zero-order chi connectivity index (χ0) is 20.2. The molecule has 0 radical (unpaired) electrons. The minimum absolute atomic E-state index is 0.304. The van der Waals surface area contributed by atoms with Crippen LogP contribution in [-0.2, 0) is 11.2 Å². The van der Waals surface area contributed by atoms with Gasteiger partial charge in [0.15, 0.2) is 5.96 Å². The Morgan fingerprint density at radius 2 is 2.11 bits per heavy atom. The third kappa shape index (κ3) is 7.41. The molecule has 1 aromatic carbocycles. The highest BCUT2D eigenvalue weighted by Crippen LogP contribution is 2.19. The number of nitrogens with one attached hydrogen (secondary N) is 2. The first-order chi connectivity index (χ1) is 13.6. The van der Waals surface area contributed by atoms with Crippen molar-refractivity contribution in [3.63, 3.8) is 0 Å². The monoisotopic (exact) mass is 388 g/mol. The van der Waals surface area contributed by atoms with E-state index in [4.69, 9.17) is 4.74 Å². The number of aliphatic imine (C=N–C) groups is 1. The Hall–Kier alpha value is -2.24. The fourth-order valence-corrected chi connectivity index (χ4v) is 3.49. The summed E-state index contributed by atoms with van der Waals surface area (Å²) in [4.78, 5) is 18.7. The number of rotatable bonds is 9. The van der Waals surface area contributed by atoms with Crippen LogP contribution >= 0.6 is 0 Å². The molecule has 0 aromatic heterocycles. The molecule has 0 bridgehead atoms. The van der Waals surface area contributed by atoms with Gasteiger partial charge in [0.2, 0.25) is 5.91 Å². The fourth-order valence-electron chi connectivity index (χ4n) is 3.49. The highest BCUT2D eigenvalue weighted by Gasteiger charge is 2.15. The molecule has 6 heteroatoms. The van der Waals surface area contributed by atoms with Gasteiger partial charge in [-0.05, 0) is 51.2 Å². The Kier molecular flexibility index (Phi) is 9.66. The molecule has 2 N–H and O–H groups in total. The fraction of sp³-hybridized carbons (Fsp3) is 0.636. The van der Waals surface area contributed by atoms with Gasteiger partial charge in [0.1, 0.15) is 5.75 Å². The van der Waals surface area contributed by atoms with Crippen molar-refractivity contribution in [3.8, 4) is 5.75 Å². The molecule has 1 fully saturated rings. The van der Waals surface area contributed by atoms with Crippen LogP contribution in [0.2, 0.25) is 0 Å². The molecule has 0 spiro atoms. The number of ether oxygens (including phenoxy) is 1. The van der Waals surface area contributed by atoms with Gasteiger partial charge in [-0.2, -0.15) is 0 Å². The number of methoxy groups -OCH3 is 1. The van der Waals surface area contributed by atoms with E-state index >= 15 is 0 Å². The lowest BCUT2D eigenvalue weighted by Gasteiger charge is -2.20. The van der Waals surface area contributed by atoms with Gasteiger partial charge in [-0.25, -0.2) is 0 Å². The van der Waals surface area contributed by atoms with E-state index < -0.39 is 0 Å². The molecule has 28 heavy (non-hydrogen) atoms. The van der Waals surface area contributed by atoms with Crippen molar-refractivity contribution in [2.75, 3.05) is 39.8 Å². The summed E-state index contributed by atoms with van der Waals surface area (Å²) < 4.78 is 5.45. The van der Waals surface area contributed by atoms with Crippen LogP contribution in [0, 0.1) is 6.92 Å². The number of likely N-dealkylation sites (tertiary alicyclic amines) is 1. The number of hydrogen-bond acceptors (Lipinski definition) is 3. The van der Waals surface area contributed by atoms with E-state index in [9.17, 15) is 4.79 Å². The van der Waals surface area contributed by atoms with Crippen LogP contribution in [-0.4, -0.2) is 56.6 Å². The second kappa shape index (κ2) is 12.3. The summed E-state index contributed by atoms with van der Waals surface area (Å²) >= 11 is 0. The Balaban J connectivity index is 1.78. The molecular formula is C22H36N4O2. The molecule has 0 unspecified atom stereocenters. The van der Waals surface area contributed by atoms with Crippen LogP contribution < -0.4 is 15.4 Å². The van der Waals surface area contributed by atoms with Crippen molar-refractivity contribution < 1.29 is 9.53 Å². The van der Waals surface area contributed by atoms with E-state index in [2.05, 4.69) is 41.6 Å². The highest BCUT2D eigenvalue weighted by atomic mass is 16.5. The third-order valence-electron chi connectivity index (χ3n) is 4.99. The lowest BCUT2D eigenvalue weighted by molar-refractivity contribution is -0.130. The van der Waals surface area contributed by atoms with Crippen molar-refractivity contribution in [2.24, 2.45) is 4.99 Å². The Labute approximate surface area is 169 Å². The second-order valence-electron chi connectivity index (χ2n) is 7.30. The van der Waals surface area contributed by atoms with Crippen LogP contribution in [0.5, 0.6) is 5.75 Å². The van der Waals surface area contributed by atoms with Crippen LogP contribution in [0.15, 0.2) is 23.2 Å². The normalized spacial score (nSPS) is 15.3. The van der Waals surface area contributed by atoms with Gasteiger partial charge in [-0.1, -0.05) is 24.1 Å². The molecule has 156 valence electrons. The molecule has 1 aliphatic heterocycles. The molecule has 0 saturated carbocycles. The highest BCUT2D eigenvalue weighted by molar-refractivity contribution is 5.79. The first-order valence-corrected chi connectivity index (χ1v) is 10.6. The smallest absolute Gasteiger partial charge is 0.222 e. The van der Waals surface area contributed by atoms with Crippen molar-refractivity contribution in [1.82, 2.24) is 15.5 Å². The third-order valence-corrected chi connectivity index (χ3v) is 4.99. The van der Waals surface area contributed by atoms with Crippen LogP contribution in [0.4, 0.5) is 0 Å². The molecular weight excluding hydrogens is 352 g/mol. The van der Waals surface area contributed by atoms with Crippen molar-refractivity contribution in [3.05, 3.63) is 29.3 Å². The summed E-state index contributed by atoms with van der Waals surface area (Å²) in [5.41, 5.74) is 2.44. The van der Waals surface area contributed by atoms with E-state index in [0.717, 1.165) is 63.6 Å². The summed E-state index contributed by atoms with van der Waals surface area (Å²) in [5, 5.41) is 6.69. The predicted molar refractivity (Wildman–Crippen MR) is 115 cm³/mol. The van der Waals surface area contributed by atoms with Gasteiger partial charge < -0.3 is 20.3 Å². The first kappa shape index (κ1) is 22.1. The standard InChI is InChI=1S/C22H36N4O2/c1-4-23-22(24-13-8-16-26-15-7-5-6-9-21(26)27)25-14-12-19-17-18(2)10-11-20(19)28-3/h10-11,17H,4-9,12-16H2,1-3H3,(H2,23,24,25). The van der Waals surface area contributed by atoms with Crippen molar-refractivity contribution in [1.29, 1.82) is 0 Å². The zero-order valence-electron chi connectivity index (χ0n) is 17.7. The van der Waals surface area contributed by atoms with Crippen molar-refractivity contribution >= 4 is 11.9 Å². The van der Waals surface area contributed by atoms with Gasteiger partial charge in [-0.3, -0.25) is 9.79 Å². The number of carbonyl (C=O) groups is 1. The second-order valence-corrected chi connectivity index (χ2v) is 7.30. The Bertz CT molecular complexity index is 645. The molecule has 6 nitrogen and oxygen atoms in total. The number of amides is 1. The van der Waals surface area contributed by atoms with Crippen LogP contribution in [0.3, 0.4) is 0 Å².